The number of anilines is 1. The van der Waals surface area contributed by atoms with Crippen molar-refractivity contribution in [1.29, 1.82) is 0 Å². The predicted molar refractivity (Wildman–Crippen MR) is 82.4 cm³/mol. The van der Waals surface area contributed by atoms with E-state index in [1.54, 1.807) is 0 Å². The van der Waals surface area contributed by atoms with E-state index in [0.29, 0.717) is 18.5 Å². The maximum Gasteiger partial charge on any atom is 0.238 e. The molecule has 4 nitrogen and oxygen atoms in total. The number of amides is 1. The van der Waals surface area contributed by atoms with E-state index in [1.807, 2.05) is 24.3 Å². The fourth-order valence-electron chi connectivity index (χ4n) is 2.53. The molecule has 0 saturated carbocycles. The molecule has 1 amide bonds. The van der Waals surface area contributed by atoms with Gasteiger partial charge in [-0.25, -0.2) is 0 Å². The first kappa shape index (κ1) is 15.0. The third kappa shape index (κ3) is 4.05. The maximum absolute atomic E-state index is 12.1. The van der Waals surface area contributed by atoms with E-state index in [0.717, 1.165) is 37.2 Å². The van der Waals surface area contributed by atoms with Crippen molar-refractivity contribution in [3.63, 3.8) is 0 Å². The average Bonchev–Trinajstić information content (AvgIpc) is 2.42. The number of benzene rings is 1. The number of carbonyl (C=O) groups is 1. The minimum atomic E-state index is 0.0469. The SMILES string of the molecule is CC1(C)CCN(CC(=O)Nc2ccccc2CN)CC1. The van der Waals surface area contributed by atoms with Crippen LogP contribution in [0.1, 0.15) is 32.3 Å². The molecule has 0 bridgehead atoms. The zero-order chi connectivity index (χ0) is 14.6. The van der Waals surface area contributed by atoms with Crippen molar-refractivity contribution in [3.8, 4) is 0 Å². The van der Waals surface area contributed by atoms with Gasteiger partial charge in [0.15, 0.2) is 0 Å². The van der Waals surface area contributed by atoms with Gasteiger partial charge in [-0.3, -0.25) is 9.69 Å². The number of para-hydroxylation sites is 1. The highest BCUT2D eigenvalue weighted by Gasteiger charge is 2.26. The molecule has 1 aromatic rings. The van der Waals surface area contributed by atoms with Crippen molar-refractivity contribution < 1.29 is 4.79 Å². The minimum absolute atomic E-state index is 0.0469. The molecule has 110 valence electrons. The van der Waals surface area contributed by atoms with E-state index in [9.17, 15) is 4.79 Å². The van der Waals surface area contributed by atoms with E-state index in [2.05, 4.69) is 24.1 Å². The largest absolute Gasteiger partial charge is 0.326 e. The molecule has 1 aromatic carbocycles. The van der Waals surface area contributed by atoms with Crippen molar-refractivity contribution in [2.24, 2.45) is 11.1 Å². The van der Waals surface area contributed by atoms with Crippen LogP contribution in [0.5, 0.6) is 0 Å². The molecule has 0 radical (unpaired) electrons. The number of hydrogen-bond acceptors (Lipinski definition) is 3. The van der Waals surface area contributed by atoms with Gasteiger partial charge in [-0.2, -0.15) is 0 Å². The van der Waals surface area contributed by atoms with Crippen molar-refractivity contribution in [2.75, 3.05) is 25.0 Å². The number of nitrogens with two attached hydrogens (primary N) is 1. The highest BCUT2D eigenvalue weighted by Crippen LogP contribution is 2.29. The molecule has 1 saturated heterocycles. The molecule has 0 spiro atoms. The van der Waals surface area contributed by atoms with Gasteiger partial charge in [-0.1, -0.05) is 32.0 Å². The quantitative estimate of drug-likeness (QED) is 0.885. The second kappa shape index (κ2) is 6.37. The lowest BCUT2D eigenvalue weighted by Gasteiger charge is -2.36. The Balaban J connectivity index is 1.87. The van der Waals surface area contributed by atoms with Crippen LogP contribution in [-0.2, 0) is 11.3 Å². The molecule has 0 aromatic heterocycles. The Kier molecular flexibility index (Phi) is 4.78. The van der Waals surface area contributed by atoms with Gasteiger partial charge in [-0.05, 0) is 43.0 Å². The number of carbonyl (C=O) groups excluding carboxylic acids is 1. The molecular weight excluding hydrogens is 250 g/mol. The Morgan fingerprint density at radius 3 is 2.60 bits per heavy atom. The van der Waals surface area contributed by atoms with E-state index in [4.69, 9.17) is 5.73 Å². The molecule has 4 heteroatoms. The average molecular weight is 275 g/mol. The van der Waals surface area contributed by atoms with Crippen LogP contribution in [0.25, 0.3) is 0 Å². The highest BCUT2D eigenvalue weighted by atomic mass is 16.2. The van der Waals surface area contributed by atoms with Gasteiger partial charge in [-0.15, -0.1) is 0 Å². The Morgan fingerprint density at radius 1 is 1.30 bits per heavy atom. The molecule has 1 heterocycles. The van der Waals surface area contributed by atoms with Gasteiger partial charge < -0.3 is 11.1 Å². The Bertz CT molecular complexity index is 461. The molecule has 1 aliphatic heterocycles. The van der Waals surface area contributed by atoms with Gasteiger partial charge in [0, 0.05) is 12.2 Å². The number of nitrogens with zero attached hydrogens (tertiary/aromatic N) is 1. The summed E-state index contributed by atoms with van der Waals surface area (Å²) in [7, 11) is 0. The summed E-state index contributed by atoms with van der Waals surface area (Å²) in [5, 5.41) is 2.97. The molecule has 1 fully saturated rings. The van der Waals surface area contributed by atoms with E-state index in [1.165, 1.54) is 0 Å². The van der Waals surface area contributed by atoms with Crippen LogP contribution in [-0.4, -0.2) is 30.4 Å². The lowest BCUT2D eigenvalue weighted by molar-refractivity contribution is -0.117. The van der Waals surface area contributed by atoms with Crippen molar-refractivity contribution in [2.45, 2.75) is 33.2 Å². The predicted octanol–water partition coefficient (Wildman–Crippen LogP) is 2.21. The number of nitrogens with one attached hydrogen (secondary N) is 1. The molecule has 3 N–H and O–H groups in total. The number of likely N-dealkylation sites (tertiary alicyclic amines) is 1. The zero-order valence-corrected chi connectivity index (χ0v) is 12.5. The molecule has 2 rings (SSSR count). The van der Waals surface area contributed by atoms with Crippen molar-refractivity contribution in [3.05, 3.63) is 29.8 Å². The standard InChI is InChI=1S/C16H25N3O/c1-16(2)7-9-19(10-8-16)12-15(20)18-14-6-4-3-5-13(14)11-17/h3-6H,7-12,17H2,1-2H3,(H,18,20). The van der Waals surface area contributed by atoms with Crippen LogP contribution in [0.3, 0.4) is 0 Å². The normalized spacial score (nSPS) is 18.8. The van der Waals surface area contributed by atoms with Gasteiger partial charge in [0.2, 0.25) is 5.91 Å². The van der Waals surface area contributed by atoms with Crippen LogP contribution < -0.4 is 11.1 Å². The van der Waals surface area contributed by atoms with Gasteiger partial charge >= 0.3 is 0 Å². The molecule has 0 atom stereocenters. The second-order valence-electron chi connectivity index (χ2n) is 6.35. The number of rotatable bonds is 4. The maximum atomic E-state index is 12.1. The van der Waals surface area contributed by atoms with Gasteiger partial charge in [0.05, 0.1) is 6.54 Å². The molecule has 0 unspecified atom stereocenters. The summed E-state index contributed by atoms with van der Waals surface area (Å²) in [6.07, 6.45) is 2.30. The first-order valence-corrected chi connectivity index (χ1v) is 7.30. The summed E-state index contributed by atoms with van der Waals surface area (Å²) in [5.74, 6) is 0.0469. The molecular formula is C16H25N3O. The number of hydrogen-bond donors (Lipinski definition) is 2. The van der Waals surface area contributed by atoms with Gasteiger partial charge in [0.1, 0.15) is 0 Å². The summed E-state index contributed by atoms with van der Waals surface area (Å²) >= 11 is 0. The van der Waals surface area contributed by atoms with Gasteiger partial charge in [0.25, 0.3) is 0 Å². The van der Waals surface area contributed by atoms with Crippen LogP contribution in [0.2, 0.25) is 0 Å². The van der Waals surface area contributed by atoms with Crippen LogP contribution in [0, 0.1) is 5.41 Å². The summed E-state index contributed by atoms with van der Waals surface area (Å²) in [4.78, 5) is 14.3. The smallest absolute Gasteiger partial charge is 0.238 e. The highest BCUT2D eigenvalue weighted by molar-refractivity contribution is 5.93. The lowest BCUT2D eigenvalue weighted by Crippen LogP contribution is -2.41. The Labute approximate surface area is 121 Å². The third-order valence-electron chi connectivity index (χ3n) is 4.09. The molecule has 0 aliphatic carbocycles. The number of piperidine rings is 1. The Hall–Kier alpha value is -1.39. The Morgan fingerprint density at radius 2 is 1.95 bits per heavy atom. The van der Waals surface area contributed by atoms with Crippen LogP contribution in [0.4, 0.5) is 5.69 Å². The summed E-state index contributed by atoms with van der Waals surface area (Å²) < 4.78 is 0. The molecule has 20 heavy (non-hydrogen) atoms. The summed E-state index contributed by atoms with van der Waals surface area (Å²) in [6, 6.07) is 7.70. The van der Waals surface area contributed by atoms with Crippen LogP contribution >= 0.6 is 0 Å². The van der Waals surface area contributed by atoms with E-state index < -0.39 is 0 Å². The monoisotopic (exact) mass is 275 g/mol. The lowest BCUT2D eigenvalue weighted by atomic mass is 9.83. The van der Waals surface area contributed by atoms with Crippen molar-refractivity contribution >= 4 is 11.6 Å². The topological polar surface area (TPSA) is 58.4 Å². The van der Waals surface area contributed by atoms with E-state index in [-0.39, 0.29) is 5.91 Å². The minimum Gasteiger partial charge on any atom is -0.326 e. The molecule has 1 aliphatic rings. The van der Waals surface area contributed by atoms with E-state index >= 15 is 0 Å². The summed E-state index contributed by atoms with van der Waals surface area (Å²) in [6.45, 7) is 7.49. The fourth-order valence-corrected chi connectivity index (χ4v) is 2.53. The first-order chi connectivity index (χ1) is 9.50. The van der Waals surface area contributed by atoms with Crippen LogP contribution in [0.15, 0.2) is 24.3 Å². The first-order valence-electron chi connectivity index (χ1n) is 7.30. The summed E-state index contributed by atoms with van der Waals surface area (Å²) in [5.41, 5.74) is 7.90. The van der Waals surface area contributed by atoms with Crippen molar-refractivity contribution in [1.82, 2.24) is 4.90 Å². The fraction of sp³-hybridized carbons (Fsp3) is 0.562. The second-order valence-corrected chi connectivity index (χ2v) is 6.35. The third-order valence-corrected chi connectivity index (χ3v) is 4.09. The zero-order valence-electron chi connectivity index (χ0n) is 12.5.